The number of aromatic nitrogens is 1. The molecule has 2 atom stereocenters. The van der Waals surface area contributed by atoms with Crippen molar-refractivity contribution < 1.29 is 4.79 Å². The lowest BCUT2D eigenvalue weighted by atomic mass is 9.91. The number of nitrogens with two attached hydrogens (primary N) is 1. The van der Waals surface area contributed by atoms with E-state index in [4.69, 9.17) is 17.3 Å². The Morgan fingerprint density at radius 3 is 2.79 bits per heavy atom. The lowest BCUT2D eigenvalue weighted by Gasteiger charge is -2.29. The van der Waals surface area contributed by atoms with E-state index in [9.17, 15) is 4.79 Å². The average Bonchev–Trinajstić information content (AvgIpc) is 2.74. The smallest absolute Gasteiger partial charge is 0.268 e. The van der Waals surface area contributed by atoms with Gasteiger partial charge >= 0.3 is 0 Å². The van der Waals surface area contributed by atoms with Crippen LogP contribution in [0.4, 0.5) is 0 Å². The van der Waals surface area contributed by atoms with E-state index in [0.29, 0.717) is 10.7 Å². The summed E-state index contributed by atoms with van der Waals surface area (Å²) in [7, 11) is 0. The molecule has 1 fully saturated rings. The largest absolute Gasteiger partial charge is 0.346 e. The molecule has 0 radical (unpaired) electrons. The number of carbonyl (C=O) groups is 1. The molecule has 4 nitrogen and oxygen atoms in total. The van der Waals surface area contributed by atoms with Crippen LogP contribution in [0.1, 0.15) is 56.1 Å². The van der Waals surface area contributed by atoms with Crippen LogP contribution in [0.3, 0.4) is 0 Å². The third-order valence-electron chi connectivity index (χ3n) is 3.74. The molecule has 1 aliphatic rings. The predicted molar refractivity (Wildman–Crippen MR) is 77.5 cm³/mol. The minimum absolute atomic E-state index is 0.0654. The molecule has 0 bridgehead atoms. The quantitative estimate of drug-likeness (QED) is 0.896. The molecule has 19 heavy (non-hydrogen) atoms. The van der Waals surface area contributed by atoms with Gasteiger partial charge in [0.1, 0.15) is 5.69 Å². The summed E-state index contributed by atoms with van der Waals surface area (Å²) in [5.74, 6) is -0.0806. The third kappa shape index (κ3) is 3.31. The maximum Gasteiger partial charge on any atom is 0.268 e. The maximum atomic E-state index is 12.4. The van der Waals surface area contributed by atoms with E-state index in [2.05, 4.69) is 5.32 Å². The first-order chi connectivity index (χ1) is 8.99. The molecule has 1 saturated carbocycles. The Hall–Kier alpha value is -1.00. The number of carbonyl (C=O) groups excluding carboxylic acids is 1. The van der Waals surface area contributed by atoms with Gasteiger partial charge < -0.3 is 15.6 Å². The fourth-order valence-electron chi connectivity index (χ4n) is 2.64. The number of amides is 1. The molecular formula is C14H22ClN3O. The first-order valence-electron chi connectivity index (χ1n) is 6.93. The second-order valence-corrected chi connectivity index (χ2v) is 6.01. The van der Waals surface area contributed by atoms with Crippen molar-refractivity contribution in [1.82, 2.24) is 9.88 Å². The van der Waals surface area contributed by atoms with E-state index < -0.39 is 0 Å². The van der Waals surface area contributed by atoms with Gasteiger partial charge in [-0.05, 0) is 32.8 Å². The highest BCUT2D eigenvalue weighted by Crippen LogP contribution is 2.21. The normalized spacial score (nSPS) is 23.6. The fourth-order valence-corrected chi connectivity index (χ4v) is 2.84. The van der Waals surface area contributed by atoms with Crippen LogP contribution in [-0.2, 0) is 0 Å². The number of nitrogens with one attached hydrogen (secondary N) is 1. The van der Waals surface area contributed by atoms with Gasteiger partial charge in [-0.3, -0.25) is 4.79 Å². The number of hydrogen-bond acceptors (Lipinski definition) is 2. The molecule has 1 aromatic heterocycles. The van der Waals surface area contributed by atoms with E-state index >= 15 is 0 Å². The van der Waals surface area contributed by atoms with Crippen LogP contribution >= 0.6 is 11.6 Å². The molecule has 106 valence electrons. The van der Waals surface area contributed by atoms with Crippen LogP contribution in [0, 0.1) is 0 Å². The van der Waals surface area contributed by atoms with Crippen LogP contribution in [0.25, 0.3) is 0 Å². The van der Waals surface area contributed by atoms with Crippen LogP contribution in [0.5, 0.6) is 0 Å². The van der Waals surface area contributed by atoms with Crippen LogP contribution in [0.2, 0.25) is 5.02 Å². The molecule has 1 heterocycles. The molecule has 3 N–H and O–H groups in total. The zero-order chi connectivity index (χ0) is 14.0. The van der Waals surface area contributed by atoms with E-state index in [0.717, 1.165) is 25.7 Å². The Morgan fingerprint density at radius 1 is 1.47 bits per heavy atom. The summed E-state index contributed by atoms with van der Waals surface area (Å²) >= 11 is 6.00. The van der Waals surface area contributed by atoms with Crippen molar-refractivity contribution in [3.63, 3.8) is 0 Å². The second-order valence-electron chi connectivity index (χ2n) is 5.57. The van der Waals surface area contributed by atoms with Gasteiger partial charge in [0.2, 0.25) is 0 Å². The summed E-state index contributed by atoms with van der Waals surface area (Å²) in [6, 6.07) is 2.06. The van der Waals surface area contributed by atoms with Crippen LogP contribution < -0.4 is 11.1 Å². The molecule has 0 unspecified atom stereocenters. The van der Waals surface area contributed by atoms with E-state index in [1.54, 1.807) is 12.3 Å². The van der Waals surface area contributed by atoms with Crippen LogP contribution in [0.15, 0.2) is 12.3 Å². The van der Waals surface area contributed by atoms with Gasteiger partial charge in [-0.2, -0.15) is 0 Å². The zero-order valence-corrected chi connectivity index (χ0v) is 12.3. The first-order valence-corrected chi connectivity index (χ1v) is 7.30. The van der Waals surface area contributed by atoms with Gasteiger partial charge in [-0.25, -0.2) is 0 Å². The Kier molecular flexibility index (Phi) is 4.53. The number of rotatable bonds is 3. The molecule has 5 heteroatoms. The number of halogens is 1. The van der Waals surface area contributed by atoms with Crippen molar-refractivity contribution in [2.45, 2.75) is 57.7 Å². The topological polar surface area (TPSA) is 60.0 Å². The van der Waals surface area contributed by atoms with E-state index in [-0.39, 0.29) is 24.0 Å². The molecule has 0 aliphatic heterocycles. The van der Waals surface area contributed by atoms with E-state index in [1.165, 1.54) is 0 Å². The fraction of sp³-hybridized carbons (Fsp3) is 0.643. The van der Waals surface area contributed by atoms with Crippen molar-refractivity contribution in [1.29, 1.82) is 0 Å². The van der Waals surface area contributed by atoms with Gasteiger partial charge in [0.05, 0.1) is 5.02 Å². The molecule has 0 saturated heterocycles. The first kappa shape index (κ1) is 14.4. The molecule has 1 amide bonds. The van der Waals surface area contributed by atoms with Gasteiger partial charge in [0.25, 0.3) is 5.91 Å². The summed E-state index contributed by atoms with van der Waals surface area (Å²) < 4.78 is 1.89. The monoisotopic (exact) mass is 283 g/mol. The third-order valence-corrected chi connectivity index (χ3v) is 3.95. The molecule has 0 aromatic carbocycles. The molecule has 2 rings (SSSR count). The van der Waals surface area contributed by atoms with Gasteiger partial charge in [-0.1, -0.05) is 24.4 Å². The zero-order valence-electron chi connectivity index (χ0n) is 11.5. The van der Waals surface area contributed by atoms with Gasteiger partial charge in [-0.15, -0.1) is 0 Å². The number of nitrogens with zero attached hydrogens (tertiary/aromatic N) is 1. The van der Waals surface area contributed by atoms with Crippen molar-refractivity contribution >= 4 is 17.5 Å². The lowest BCUT2D eigenvalue weighted by Crippen LogP contribution is -2.49. The number of hydrogen-bond donors (Lipinski definition) is 2. The minimum Gasteiger partial charge on any atom is -0.346 e. The summed E-state index contributed by atoms with van der Waals surface area (Å²) in [6.07, 6.45) is 6.02. The van der Waals surface area contributed by atoms with Crippen molar-refractivity contribution in [3.05, 3.63) is 23.0 Å². The highest BCUT2D eigenvalue weighted by Gasteiger charge is 2.25. The predicted octanol–water partition coefficient (Wildman–Crippen LogP) is 2.72. The lowest BCUT2D eigenvalue weighted by molar-refractivity contribution is 0.0910. The second kappa shape index (κ2) is 5.97. The molecule has 1 aromatic rings. The molecule has 0 spiro atoms. The highest BCUT2D eigenvalue weighted by molar-refractivity contribution is 6.31. The van der Waals surface area contributed by atoms with E-state index in [1.807, 2.05) is 18.4 Å². The van der Waals surface area contributed by atoms with Crippen molar-refractivity contribution in [2.75, 3.05) is 0 Å². The minimum atomic E-state index is -0.0806. The summed E-state index contributed by atoms with van der Waals surface area (Å²) in [5, 5.41) is 3.64. The van der Waals surface area contributed by atoms with Crippen molar-refractivity contribution in [2.24, 2.45) is 5.73 Å². The summed E-state index contributed by atoms with van der Waals surface area (Å²) in [6.45, 7) is 4.05. The molecule has 1 aliphatic carbocycles. The SMILES string of the molecule is CC(C)n1cc(Cl)cc1C(=O)N[C@@H]1CCCC[C@H]1N. The Balaban J connectivity index is 2.11. The molecular weight excluding hydrogens is 262 g/mol. The van der Waals surface area contributed by atoms with Gasteiger partial charge in [0.15, 0.2) is 0 Å². The average molecular weight is 284 g/mol. The Labute approximate surface area is 119 Å². The summed E-state index contributed by atoms with van der Waals surface area (Å²) in [4.78, 5) is 12.4. The standard InChI is InChI=1S/C14H22ClN3O/c1-9(2)18-8-10(15)7-13(18)14(19)17-12-6-4-3-5-11(12)16/h7-9,11-12H,3-6,16H2,1-2H3,(H,17,19)/t11-,12-/m1/s1. The Morgan fingerprint density at radius 2 is 2.16 bits per heavy atom. The summed E-state index contributed by atoms with van der Waals surface area (Å²) in [5.41, 5.74) is 6.67. The van der Waals surface area contributed by atoms with Crippen LogP contribution in [-0.4, -0.2) is 22.6 Å². The Bertz CT molecular complexity index is 456. The maximum absolute atomic E-state index is 12.4. The van der Waals surface area contributed by atoms with Crippen molar-refractivity contribution in [3.8, 4) is 0 Å². The van der Waals surface area contributed by atoms with Gasteiger partial charge in [0, 0.05) is 24.3 Å². The highest BCUT2D eigenvalue weighted by atomic mass is 35.5.